The first-order valence-corrected chi connectivity index (χ1v) is 1.25. The van der Waals surface area contributed by atoms with E-state index in [1.807, 2.05) is 5.92 Å². The van der Waals surface area contributed by atoms with Crippen molar-refractivity contribution >= 4 is 0 Å². The van der Waals surface area contributed by atoms with Crippen molar-refractivity contribution in [3.63, 3.8) is 0 Å². The van der Waals surface area contributed by atoms with Crippen molar-refractivity contribution in [1.82, 2.24) is 0 Å². The quantitative estimate of drug-likeness (QED) is 0.253. The fourth-order valence-electron chi connectivity index (χ4n) is 0.0625. The zero-order valence-corrected chi connectivity index (χ0v) is 4.24. The van der Waals surface area contributed by atoms with E-state index in [1.54, 1.807) is 6.92 Å². The van der Waals surface area contributed by atoms with Crippen LogP contribution in [0, 0.1) is 24.2 Å². The van der Waals surface area contributed by atoms with E-state index < -0.39 is 0 Å². The number of hydrogen-bond acceptors (Lipinski definition) is 0. The van der Waals surface area contributed by atoms with E-state index in [9.17, 15) is 0 Å². The predicted octanol–water partition coefficient (Wildman–Crippen LogP) is 0.597. The molecular formula is C5H3Cu. The van der Waals surface area contributed by atoms with Gasteiger partial charge < -0.3 is 6.42 Å². The second-order valence-corrected chi connectivity index (χ2v) is 0.500. The Labute approximate surface area is 48.8 Å². The van der Waals surface area contributed by atoms with Gasteiger partial charge in [0.05, 0.1) is 0 Å². The minimum Gasteiger partial charge on any atom is -0.358 e. The van der Waals surface area contributed by atoms with Crippen LogP contribution in [-0.2, 0) is 17.1 Å². The van der Waals surface area contributed by atoms with Gasteiger partial charge in [0.2, 0.25) is 0 Å². The largest absolute Gasteiger partial charge is 1.00 e. The molecule has 0 unspecified atom stereocenters. The summed E-state index contributed by atoms with van der Waals surface area (Å²) in [5, 5.41) is 0. The maximum atomic E-state index is 6.18. The Balaban J connectivity index is 0. The first-order chi connectivity index (χ1) is 2.41. The van der Waals surface area contributed by atoms with Crippen LogP contribution in [0.5, 0.6) is 0 Å². The SMILES string of the molecule is [C-]#CC#CC.[Cu+]. The van der Waals surface area contributed by atoms with Gasteiger partial charge in [-0.2, -0.15) is 0 Å². The van der Waals surface area contributed by atoms with E-state index in [-0.39, 0.29) is 17.1 Å². The van der Waals surface area contributed by atoms with E-state index in [0.29, 0.717) is 0 Å². The molecule has 0 aliphatic rings. The smallest absolute Gasteiger partial charge is 0.358 e. The Kier molecular flexibility index (Phi) is 13.5. The molecule has 0 amide bonds. The van der Waals surface area contributed by atoms with Crippen LogP contribution in [0.25, 0.3) is 0 Å². The fraction of sp³-hybridized carbons (Fsp3) is 0.200. The summed E-state index contributed by atoms with van der Waals surface area (Å²) in [6.45, 7) is 1.67. The van der Waals surface area contributed by atoms with Crippen LogP contribution in [0.2, 0.25) is 0 Å². The molecule has 0 saturated carbocycles. The molecule has 1 heteroatoms. The second-order valence-electron chi connectivity index (χ2n) is 0.500. The molecule has 0 aromatic rings. The summed E-state index contributed by atoms with van der Waals surface area (Å²) >= 11 is 0. The molecular weight excluding hydrogens is 124 g/mol. The fourth-order valence-corrected chi connectivity index (χ4v) is 0.0625. The molecule has 0 nitrogen and oxygen atoms in total. The standard InChI is InChI=1S/C5H3.Cu/c1-3-5-4-2;/h1H3;/q-1;+1. The van der Waals surface area contributed by atoms with Gasteiger partial charge in [-0.1, -0.05) is 0 Å². The zero-order chi connectivity index (χ0) is 4.12. The molecule has 0 radical (unpaired) electrons. The van der Waals surface area contributed by atoms with Crippen LogP contribution >= 0.6 is 0 Å². The molecule has 6 heavy (non-hydrogen) atoms. The minimum absolute atomic E-state index is 0. The van der Waals surface area contributed by atoms with Gasteiger partial charge in [-0.3, -0.25) is 11.8 Å². The van der Waals surface area contributed by atoms with Crippen molar-refractivity contribution in [1.29, 1.82) is 0 Å². The third kappa shape index (κ3) is 9.43. The molecule has 0 aromatic carbocycles. The molecule has 34 valence electrons. The van der Waals surface area contributed by atoms with Gasteiger partial charge in [0.1, 0.15) is 0 Å². The van der Waals surface area contributed by atoms with Crippen molar-refractivity contribution in [2.24, 2.45) is 0 Å². The summed E-state index contributed by atoms with van der Waals surface area (Å²) in [6, 6.07) is 0. The van der Waals surface area contributed by atoms with E-state index in [1.165, 1.54) is 0 Å². The molecule has 0 saturated heterocycles. The first kappa shape index (κ1) is 9.16. The van der Waals surface area contributed by atoms with Crippen LogP contribution in [0.4, 0.5) is 0 Å². The first-order valence-electron chi connectivity index (χ1n) is 1.25. The van der Waals surface area contributed by atoms with Crippen LogP contribution in [0.15, 0.2) is 0 Å². The number of hydrogen-bond donors (Lipinski definition) is 0. The maximum Gasteiger partial charge on any atom is 1.00 e. The van der Waals surface area contributed by atoms with Crippen LogP contribution in [-0.4, -0.2) is 0 Å². The van der Waals surface area contributed by atoms with Gasteiger partial charge in [0.15, 0.2) is 0 Å². The summed E-state index contributed by atoms with van der Waals surface area (Å²) in [4.78, 5) is 0. The van der Waals surface area contributed by atoms with E-state index in [4.69, 9.17) is 6.42 Å². The van der Waals surface area contributed by atoms with E-state index in [0.717, 1.165) is 0 Å². The van der Waals surface area contributed by atoms with Crippen molar-refractivity contribution in [3.05, 3.63) is 6.42 Å². The van der Waals surface area contributed by atoms with Gasteiger partial charge >= 0.3 is 17.1 Å². The Bertz CT molecular complexity index is 97.3. The van der Waals surface area contributed by atoms with Crippen molar-refractivity contribution in [3.8, 4) is 17.8 Å². The van der Waals surface area contributed by atoms with E-state index >= 15 is 0 Å². The third-order valence-electron chi connectivity index (χ3n) is 0.188. The normalized spacial score (nSPS) is 2.67. The van der Waals surface area contributed by atoms with Crippen molar-refractivity contribution in [2.45, 2.75) is 6.92 Å². The van der Waals surface area contributed by atoms with Crippen LogP contribution in [0.1, 0.15) is 6.92 Å². The van der Waals surface area contributed by atoms with Gasteiger partial charge in [-0.25, -0.2) is 5.92 Å². The Morgan fingerprint density at radius 1 is 1.50 bits per heavy atom. The third-order valence-corrected chi connectivity index (χ3v) is 0.188. The van der Waals surface area contributed by atoms with Gasteiger partial charge in [-0.15, -0.1) is 0 Å². The van der Waals surface area contributed by atoms with Gasteiger partial charge in [0.25, 0.3) is 0 Å². The summed E-state index contributed by atoms with van der Waals surface area (Å²) in [6.07, 6.45) is 6.18. The number of rotatable bonds is 0. The summed E-state index contributed by atoms with van der Waals surface area (Å²) in [7, 11) is 0. The second kappa shape index (κ2) is 8.82. The van der Waals surface area contributed by atoms with Gasteiger partial charge in [-0.05, 0) is 6.92 Å². The molecule has 0 aliphatic heterocycles. The van der Waals surface area contributed by atoms with Crippen molar-refractivity contribution in [2.75, 3.05) is 0 Å². The van der Waals surface area contributed by atoms with Crippen LogP contribution < -0.4 is 0 Å². The molecule has 0 spiro atoms. The zero-order valence-electron chi connectivity index (χ0n) is 3.30. The summed E-state index contributed by atoms with van der Waals surface area (Å²) in [5.41, 5.74) is 0. The summed E-state index contributed by atoms with van der Waals surface area (Å²) < 4.78 is 0. The molecule has 0 aromatic heterocycles. The molecule has 0 rings (SSSR count). The van der Waals surface area contributed by atoms with Crippen molar-refractivity contribution < 1.29 is 17.1 Å². The van der Waals surface area contributed by atoms with Gasteiger partial charge in [0, 0.05) is 0 Å². The topological polar surface area (TPSA) is 0 Å². The average molecular weight is 127 g/mol. The Hall–Kier alpha value is -0.361. The molecule has 0 fully saturated rings. The molecule has 0 atom stereocenters. The Morgan fingerprint density at radius 3 is 2.00 bits per heavy atom. The van der Waals surface area contributed by atoms with E-state index in [2.05, 4.69) is 11.8 Å². The molecule has 0 heterocycles. The maximum absolute atomic E-state index is 6.18. The molecule has 0 aliphatic carbocycles. The minimum atomic E-state index is 0. The monoisotopic (exact) mass is 126 g/mol. The van der Waals surface area contributed by atoms with Crippen LogP contribution in [0.3, 0.4) is 0 Å². The predicted molar refractivity (Wildman–Crippen MR) is 20.6 cm³/mol. The molecule has 0 N–H and O–H groups in total. The molecule has 0 bridgehead atoms. The Morgan fingerprint density at radius 2 is 2.00 bits per heavy atom. The average Bonchev–Trinajstić information content (AvgIpc) is 1.41. The summed E-state index contributed by atoms with van der Waals surface area (Å²) in [5.74, 6) is 6.65.